The Kier molecular flexibility index (Phi) is 4.75. The van der Waals surface area contributed by atoms with Gasteiger partial charge in [-0.2, -0.15) is 0 Å². The van der Waals surface area contributed by atoms with Crippen LogP contribution in [0.3, 0.4) is 0 Å². The zero-order valence-corrected chi connectivity index (χ0v) is 12.4. The second kappa shape index (κ2) is 6.33. The van der Waals surface area contributed by atoms with Crippen LogP contribution in [-0.4, -0.2) is 29.6 Å². The Hall–Kier alpha value is -1.16. The van der Waals surface area contributed by atoms with Crippen molar-refractivity contribution < 1.29 is 0 Å². The summed E-state index contributed by atoms with van der Waals surface area (Å²) in [6, 6.07) is 0. The number of hydrogen-bond donors (Lipinski definition) is 1. The smallest absolute Gasteiger partial charge is 0.225 e. The van der Waals surface area contributed by atoms with Crippen LogP contribution in [0.2, 0.25) is 0 Å². The Balaban J connectivity index is 1.97. The third-order valence-corrected chi connectivity index (χ3v) is 3.89. The van der Waals surface area contributed by atoms with Crippen LogP contribution in [0.25, 0.3) is 0 Å². The van der Waals surface area contributed by atoms with Gasteiger partial charge in [0.2, 0.25) is 5.95 Å². The molecule has 1 aliphatic heterocycles. The molecule has 0 saturated carbocycles. The van der Waals surface area contributed by atoms with E-state index >= 15 is 0 Å². The minimum absolute atomic E-state index is 0.458. The van der Waals surface area contributed by atoms with Crippen molar-refractivity contribution in [2.24, 2.45) is 5.41 Å². The molecule has 106 valence electrons. The topological polar surface area (TPSA) is 41.1 Å². The van der Waals surface area contributed by atoms with Gasteiger partial charge in [0, 0.05) is 37.6 Å². The highest BCUT2D eigenvalue weighted by atomic mass is 15.2. The first-order chi connectivity index (χ1) is 9.11. The van der Waals surface area contributed by atoms with Gasteiger partial charge in [0.25, 0.3) is 0 Å². The van der Waals surface area contributed by atoms with Crippen LogP contribution < -0.4 is 10.2 Å². The molecule has 19 heavy (non-hydrogen) atoms. The summed E-state index contributed by atoms with van der Waals surface area (Å²) in [6.45, 7) is 10.8. The molecule has 1 N–H and O–H groups in total. The molecule has 1 saturated heterocycles. The third kappa shape index (κ3) is 4.16. The van der Waals surface area contributed by atoms with Gasteiger partial charge in [-0.3, -0.25) is 0 Å². The lowest BCUT2D eigenvalue weighted by Crippen LogP contribution is -2.27. The average molecular weight is 262 g/mol. The van der Waals surface area contributed by atoms with Gasteiger partial charge in [0.05, 0.1) is 0 Å². The Morgan fingerprint density at radius 3 is 2.63 bits per heavy atom. The first-order valence-electron chi connectivity index (χ1n) is 7.37. The van der Waals surface area contributed by atoms with E-state index in [-0.39, 0.29) is 0 Å². The van der Waals surface area contributed by atoms with Crippen molar-refractivity contribution in [2.75, 3.05) is 24.5 Å². The van der Waals surface area contributed by atoms with Gasteiger partial charge in [-0.15, -0.1) is 0 Å². The average Bonchev–Trinajstić information content (AvgIpc) is 2.58. The number of rotatable bonds is 4. The van der Waals surface area contributed by atoms with E-state index in [1.54, 1.807) is 0 Å². The monoisotopic (exact) mass is 262 g/mol. The summed E-state index contributed by atoms with van der Waals surface area (Å²) < 4.78 is 0. The molecule has 0 aromatic carbocycles. The van der Waals surface area contributed by atoms with Crippen molar-refractivity contribution in [2.45, 2.75) is 46.6 Å². The maximum absolute atomic E-state index is 4.52. The van der Waals surface area contributed by atoms with Crippen LogP contribution in [0.5, 0.6) is 0 Å². The van der Waals surface area contributed by atoms with E-state index < -0.39 is 0 Å². The van der Waals surface area contributed by atoms with Crippen LogP contribution in [0.15, 0.2) is 12.4 Å². The molecule has 0 spiro atoms. The number of aromatic nitrogens is 2. The van der Waals surface area contributed by atoms with E-state index in [4.69, 9.17) is 0 Å². The van der Waals surface area contributed by atoms with Crippen molar-refractivity contribution in [3.8, 4) is 0 Å². The van der Waals surface area contributed by atoms with Crippen LogP contribution in [-0.2, 0) is 6.54 Å². The quantitative estimate of drug-likeness (QED) is 0.905. The lowest BCUT2D eigenvalue weighted by molar-refractivity contribution is 0.325. The van der Waals surface area contributed by atoms with E-state index in [0.717, 1.165) is 37.7 Å². The summed E-state index contributed by atoms with van der Waals surface area (Å²) in [6.07, 6.45) is 7.63. The van der Waals surface area contributed by atoms with Crippen molar-refractivity contribution in [3.63, 3.8) is 0 Å². The second-order valence-electron chi connectivity index (χ2n) is 6.18. The van der Waals surface area contributed by atoms with Crippen molar-refractivity contribution >= 4 is 5.95 Å². The maximum Gasteiger partial charge on any atom is 0.225 e. The molecule has 1 fully saturated rings. The van der Waals surface area contributed by atoms with Gasteiger partial charge < -0.3 is 10.2 Å². The lowest BCUT2D eigenvalue weighted by atomic mass is 9.85. The molecule has 4 heteroatoms. The molecular formula is C15H26N4. The molecule has 0 amide bonds. The molecule has 2 rings (SSSR count). The summed E-state index contributed by atoms with van der Waals surface area (Å²) in [5.41, 5.74) is 1.61. The molecule has 0 aliphatic carbocycles. The predicted molar refractivity (Wildman–Crippen MR) is 79.3 cm³/mol. The molecule has 0 bridgehead atoms. The largest absolute Gasteiger partial charge is 0.341 e. The highest BCUT2D eigenvalue weighted by Crippen LogP contribution is 2.30. The second-order valence-corrected chi connectivity index (χ2v) is 6.18. The van der Waals surface area contributed by atoms with E-state index in [1.807, 2.05) is 12.4 Å². The molecule has 0 atom stereocenters. The van der Waals surface area contributed by atoms with Crippen LogP contribution >= 0.6 is 0 Å². The van der Waals surface area contributed by atoms with Gasteiger partial charge in [-0.1, -0.05) is 20.8 Å². The molecule has 0 unspecified atom stereocenters. The highest BCUT2D eigenvalue weighted by Gasteiger charge is 2.23. The van der Waals surface area contributed by atoms with E-state index in [0.29, 0.717) is 5.41 Å². The van der Waals surface area contributed by atoms with Crippen molar-refractivity contribution in [3.05, 3.63) is 18.0 Å². The van der Waals surface area contributed by atoms with E-state index in [2.05, 4.69) is 41.0 Å². The maximum atomic E-state index is 4.52. The molecule has 4 nitrogen and oxygen atoms in total. The Labute approximate surface area is 116 Å². The Morgan fingerprint density at radius 2 is 1.95 bits per heavy atom. The molecule has 0 radical (unpaired) electrons. The summed E-state index contributed by atoms with van der Waals surface area (Å²) in [5.74, 6) is 0.887. The van der Waals surface area contributed by atoms with Crippen LogP contribution in [0.1, 0.15) is 45.6 Å². The van der Waals surface area contributed by atoms with Crippen LogP contribution in [0.4, 0.5) is 5.95 Å². The number of hydrogen-bond acceptors (Lipinski definition) is 4. The molecule has 1 aromatic heterocycles. The van der Waals surface area contributed by atoms with E-state index in [1.165, 1.54) is 19.3 Å². The van der Waals surface area contributed by atoms with Gasteiger partial charge in [-0.25, -0.2) is 9.97 Å². The first-order valence-corrected chi connectivity index (χ1v) is 7.37. The standard InChI is InChI=1S/C15H26N4/c1-4-16-10-13-11-17-14(18-12-13)19-8-5-6-15(2,3)7-9-19/h11-12,16H,4-10H2,1-3H3. The molecule has 2 heterocycles. The third-order valence-electron chi connectivity index (χ3n) is 3.89. The van der Waals surface area contributed by atoms with Gasteiger partial charge >= 0.3 is 0 Å². The van der Waals surface area contributed by atoms with E-state index in [9.17, 15) is 0 Å². The minimum atomic E-state index is 0.458. The van der Waals surface area contributed by atoms with Crippen LogP contribution in [0, 0.1) is 5.41 Å². The fraction of sp³-hybridized carbons (Fsp3) is 0.733. The summed E-state index contributed by atoms with van der Waals surface area (Å²) in [7, 11) is 0. The zero-order chi connectivity index (χ0) is 13.7. The molecular weight excluding hydrogens is 236 g/mol. The number of anilines is 1. The normalized spacial score (nSPS) is 19.2. The fourth-order valence-electron chi connectivity index (χ4n) is 2.49. The fourth-order valence-corrected chi connectivity index (χ4v) is 2.49. The predicted octanol–water partition coefficient (Wildman–Crippen LogP) is 2.60. The number of nitrogens with one attached hydrogen (secondary N) is 1. The zero-order valence-electron chi connectivity index (χ0n) is 12.4. The summed E-state index contributed by atoms with van der Waals surface area (Å²) in [5, 5.41) is 3.29. The first kappa shape index (κ1) is 14.3. The number of nitrogens with zero attached hydrogens (tertiary/aromatic N) is 3. The van der Waals surface area contributed by atoms with Crippen molar-refractivity contribution in [1.29, 1.82) is 0 Å². The summed E-state index contributed by atoms with van der Waals surface area (Å²) in [4.78, 5) is 11.4. The minimum Gasteiger partial charge on any atom is -0.341 e. The summed E-state index contributed by atoms with van der Waals surface area (Å²) >= 11 is 0. The van der Waals surface area contributed by atoms with Crippen molar-refractivity contribution in [1.82, 2.24) is 15.3 Å². The Bertz CT molecular complexity index is 386. The highest BCUT2D eigenvalue weighted by molar-refractivity contribution is 5.30. The molecule has 1 aromatic rings. The molecule has 1 aliphatic rings. The Morgan fingerprint density at radius 1 is 1.21 bits per heavy atom. The van der Waals surface area contributed by atoms with Gasteiger partial charge in [-0.05, 0) is 31.2 Å². The van der Waals surface area contributed by atoms with Gasteiger partial charge in [0.1, 0.15) is 0 Å². The SMILES string of the molecule is CCNCc1cnc(N2CCCC(C)(C)CC2)nc1. The van der Waals surface area contributed by atoms with Gasteiger partial charge in [0.15, 0.2) is 0 Å². The lowest BCUT2D eigenvalue weighted by Gasteiger charge is -2.23.